The van der Waals surface area contributed by atoms with E-state index < -0.39 is 23.8 Å². The molecule has 0 saturated heterocycles. The monoisotopic (exact) mass is 281 g/mol. The number of nitrogens with zero attached hydrogens (tertiary/aromatic N) is 1. The molecule has 0 fully saturated rings. The van der Waals surface area contributed by atoms with Crippen LogP contribution in [0.5, 0.6) is 0 Å². The van der Waals surface area contributed by atoms with Gasteiger partial charge >= 0.3 is 11.9 Å². The van der Waals surface area contributed by atoms with E-state index in [1.165, 1.54) is 18.2 Å². The molecule has 0 heterocycles. The fourth-order valence-electron chi connectivity index (χ4n) is 1.39. The van der Waals surface area contributed by atoms with Gasteiger partial charge < -0.3 is 9.47 Å². The molecule has 20 heavy (non-hydrogen) atoms. The van der Waals surface area contributed by atoms with Gasteiger partial charge in [0.25, 0.3) is 0 Å². The van der Waals surface area contributed by atoms with Gasteiger partial charge in [0, 0.05) is 11.8 Å². The van der Waals surface area contributed by atoms with E-state index in [1.807, 2.05) is 0 Å². The minimum Gasteiger partial charge on any atom is -0.464 e. The molecule has 5 nitrogen and oxygen atoms in total. The number of halogens is 1. The fraction of sp³-hybridized carbons (Fsp3) is 0.357. The largest absolute Gasteiger partial charge is 0.464 e. The van der Waals surface area contributed by atoms with Crippen LogP contribution in [-0.4, -0.2) is 37.4 Å². The average Bonchev–Trinajstić information content (AvgIpc) is 2.41. The Morgan fingerprint density at radius 1 is 1.20 bits per heavy atom. The molecular weight excluding hydrogens is 265 g/mol. The number of rotatable bonds is 6. The summed E-state index contributed by atoms with van der Waals surface area (Å²) in [7, 11) is 0. The van der Waals surface area contributed by atoms with E-state index in [1.54, 1.807) is 19.9 Å². The zero-order valence-corrected chi connectivity index (χ0v) is 11.3. The first kappa shape index (κ1) is 15.8. The molecule has 0 bridgehead atoms. The zero-order chi connectivity index (χ0) is 15.0. The van der Waals surface area contributed by atoms with Gasteiger partial charge in [-0.2, -0.15) is 0 Å². The molecule has 1 rings (SSSR count). The molecule has 1 aromatic rings. The van der Waals surface area contributed by atoms with E-state index >= 15 is 0 Å². The summed E-state index contributed by atoms with van der Waals surface area (Å²) in [5, 5.41) is 0. The molecule has 0 aliphatic rings. The first-order valence-corrected chi connectivity index (χ1v) is 6.21. The maximum atomic E-state index is 13.4. The van der Waals surface area contributed by atoms with Crippen LogP contribution in [0.15, 0.2) is 29.3 Å². The number of ether oxygens (including phenoxy) is 2. The Hall–Kier alpha value is -2.24. The average molecular weight is 281 g/mol. The predicted molar refractivity (Wildman–Crippen MR) is 71.0 cm³/mol. The smallest absolute Gasteiger partial charge is 0.342 e. The second-order valence-electron chi connectivity index (χ2n) is 3.71. The highest BCUT2D eigenvalue weighted by Crippen LogP contribution is 2.05. The molecule has 108 valence electrons. The van der Waals surface area contributed by atoms with Crippen LogP contribution in [0, 0.1) is 5.82 Å². The molecule has 0 aliphatic heterocycles. The predicted octanol–water partition coefficient (Wildman–Crippen LogP) is 1.74. The molecule has 0 unspecified atom stereocenters. The van der Waals surface area contributed by atoms with Crippen molar-refractivity contribution in [3.8, 4) is 0 Å². The Bertz CT molecular complexity index is 484. The van der Waals surface area contributed by atoms with Gasteiger partial charge in [-0.25, -0.2) is 14.0 Å². The molecule has 0 spiro atoms. The van der Waals surface area contributed by atoms with Crippen molar-refractivity contribution < 1.29 is 23.5 Å². The lowest BCUT2D eigenvalue weighted by Gasteiger charge is -2.10. The summed E-state index contributed by atoms with van der Waals surface area (Å²) in [5.74, 6) is -2.14. The van der Waals surface area contributed by atoms with Crippen LogP contribution in [0.4, 0.5) is 4.39 Å². The van der Waals surface area contributed by atoms with Gasteiger partial charge in [-0.15, -0.1) is 0 Å². The van der Waals surface area contributed by atoms with Crippen molar-refractivity contribution in [2.45, 2.75) is 19.9 Å². The van der Waals surface area contributed by atoms with Gasteiger partial charge in [-0.05, 0) is 19.9 Å². The number of carbonyl (C=O) groups excluding carboxylic acids is 2. The van der Waals surface area contributed by atoms with Crippen molar-refractivity contribution in [3.63, 3.8) is 0 Å². The number of hydrogen-bond donors (Lipinski definition) is 0. The lowest BCUT2D eigenvalue weighted by atomic mass is 10.2. The van der Waals surface area contributed by atoms with Crippen molar-refractivity contribution in [1.82, 2.24) is 0 Å². The van der Waals surface area contributed by atoms with E-state index in [9.17, 15) is 14.0 Å². The Morgan fingerprint density at radius 2 is 1.75 bits per heavy atom. The van der Waals surface area contributed by atoms with Crippen molar-refractivity contribution >= 4 is 18.2 Å². The Morgan fingerprint density at radius 3 is 2.25 bits per heavy atom. The van der Waals surface area contributed by atoms with Gasteiger partial charge in [0.15, 0.2) is 0 Å². The second-order valence-corrected chi connectivity index (χ2v) is 3.71. The van der Waals surface area contributed by atoms with Crippen molar-refractivity contribution in [2.75, 3.05) is 13.2 Å². The van der Waals surface area contributed by atoms with Gasteiger partial charge in [0.05, 0.1) is 13.2 Å². The third-order valence-electron chi connectivity index (χ3n) is 2.29. The zero-order valence-electron chi connectivity index (χ0n) is 11.3. The van der Waals surface area contributed by atoms with Crippen LogP contribution in [0.25, 0.3) is 0 Å². The van der Waals surface area contributed by atoms with Gasteiger partial charge in [0.2, 0.25) is 6.04 Å². The minimum atomic E-state index is -1.44. The van der Waals surface area contributed by atoms with Crippen molar-refractivity contribution in [3.05, 3.63) is 35.6 Å². The third-order valence-corrected chi connectivity index (χ3v) is 2.29. The van der Waals surface area contributed by atoms with Gasteiger partial charge in [-0.1, -0.05) is 18.2 Å². The molecular formula is C14H16FNO4. The Balaban J connectivity index is 2.91. The summed E-state index contributed by atoms with van der Waals surface area (Å²) < 4.78 is 22.9. The second kappa shape index (κ2) is 8.04. The number of esters is 2. The van der Waals surface area contributed by atoms with Crippen molar-refractivity contribution in [1.29, 1.82) is 0 Å². The molecule has 0 radical (unpaired) electrons. The molecule has 1 aromatic carbocycles. The first-order chi connectivity index (χ1) is 9.60. The van der Waals surface area contributed by atoms with Crippen molar-refractivity contribution in [2.24, 2.45) is 4.99 Å². The highest BCUT2D eigenvalue weighted by molar-refractivity contribution is 6.01. The molecule has 0 atom stereocenters. The highest BCUT2D eigenvalue weighted by Gasteiger charge is 2.28. The Kier molecular flexibility index (Phi) is 6.36. The summed E-state index contributed by atoms with van der Waals surface area (Å²) >= 11 is 0. The maximum Gasteiger partial charge on any atom is 0.342 e. The van der Waals surface area contributed by atoms with Gasteiger partial charge in [0.1, 0.15) is 5.82 Å². The van der Waals surface area contributed by atoms with E-state index in [-0.39, 0.29) is 18.8 Å². The molecule has 0 N–H and O–H groups in total. The fourth-order valence-corrected chi connectivity index (χ4v) is 1.39. The maximum absolute atomic E-state index is 13.4. The summed E-state index contributed by atoms with van der Waals surface area (Å²) in [5.41, 5.74) is 0.172. The van der Waals surface area contributed by atoms with E-state index in [2.05, 4.69) is 4.99 Å². The van der Waals surface area contributed by atoms with E-state index in [0.717, 1.165) is 6.21 Å². The minimum absolute atomic E-state index is 0.115. The first-order valence-electron chi connectivity index (χ1n) is 6.21. The van der Waals surface area contributed by atoms with Crippen LogP contribution in [-0.2, 0) is 19.1 Å². The summed E-state index contributed by atoms with van der Waals surface area (Å²) in [4.78, 5) is 27.0. The lowest BCUT2D eigenvalue weighted by Crippen LogP contribution is -2.32. The molecule has 0 amide bonds. The van der Waals surface area contributed by atoms with Gasteiger partial charge in [-0.3, -0.25) is 4.99 Å². The normalized spacial score (nSPS) is 10.8. The topological polar surface area (TPSA) is 65.0 Å². The van der Waals surface area contributed by atoms with E-state index in [4.69, 9.17) is 9.47 Å². The summed E-state index contributed by atoms with van der Waals surface area (Å²) in [6, 6.07) is 4.45. The number of carbonyl (C=O) groups is 2. The quantitative estimate of drug-likeness (QED) is 0.452. The standard InChI is InChI=1S/C14H16FNO4/c1-3-19-13(17)12(14(18)20-4-2)16-9-10-7-5-6-8-11(10)15/h5-9,12H,3-4H2,1-2H3. The molecule has 0 saturated carbocycles. The number of benzene rings is 1. The highest BCUT2D eigenvalue weighted by atomic mass is 19.1. The third kappa shape index (κ3) is 4.46. The van der Waals surface area contributed by atoms with Crippen LogP contribution in [0.3, 0.4) is 0 Å². The van der Waals surface area contributed by atoms with Crippen LogP contribution in [0.2, 0.25) is 0 Å². The molecule has 6 heteroatoms. The SMILES string of the molecule is CCOC(=O)C(N=Cc1ccccc1F)C(=O)OCC. The van der Waals surface area contributed by atoms with Crippen LogP contribution in [0.1, 0.15) is 19.4 Å². The molecule has 0 aromatic heterocycles. The summed E-state index contributed by atoms with van der Waals surface area (Å²) in [6.07, 6.45) is 1.12. The van der Waals surface area contributed by atoms with E-state index in [0.29, 0.717) is 0 Å². The molecule has 0 aliphatic carbocycles. The number of hydrogen-bond acceptors (Lipinski definition) is 5. The Labute approximate surface area is 116 Å². The number of aliphatic imine (C=N–C) groups is 1. The lowest BCUT2D eigenvalue weighted by molar-refractivity contribution is -0.156. The summed E-state index contributed by atoms with van der Waals surface area (Å²) in [6.45, 7) is 3.45. The van der Waals surface area contributed by atoms with Crippen LogP contribution >= 0.6 is 0 Å². The van der Waals surface area contributed by atoms with Crippen LogP contribution < -0.4 is 0 Å².